The molecule has 1 amide bonds. The van der Waals surface area contributed by atoms with Crippen molar-refractivity contribution in [3.05, 3.63) is 16.1 Å². The minimum absolute atomic E-state index is 0.213. The van der Waals surface area contributed by atoms with Crippen molar-refractivity contribution in [2.75, 3.05) is 13.1 Å². The normalized spacial score (nSPS) is 28.5. The molecule has 3 heterocycles. The summed E-state index contributed by atoms with van der Waals surface area (Å²) >= 11 is 1.65. The Morgan fingerprint density at radius 1 is 1.65 bits per heavy atom. The van der Waals surface area contributed by atoms with Crippen molar-refractivity contribution in [2.45, 2.75) is 32.4 Å². The summed E-state index contributed by atoms with van der Waals surface area (Å²) < 4.78 is 0. The maximum absolute atomic E-state index is 12.2. The number of carbonyl (C=O) groups is 1. The Labute approximate surface area is 105 Å². The van der Waals surface area contributed by atoms with Crippen LogP contribution < -0.4 is 5.32 Å². The number of aromatic nitrogens is 1. The minimum Gasteiger partial charge on any atom is -0.334 e. The molecule has 2 atom stereocenters. The van der Waals surface area contributed by atoms with Gasteiger partial charge in [-0.3, -0.25) is 4.79 Å². The fraction of sp³-hybridized carbons (Fsp3) is 0.667. The molecule has 0 aromatic carbocycles. The molecule has 5 heteroatoms. The smallest absolute Gasteiger partial charge is 0.227 e. The van der Waals surface area contributed by atoms with Gasteiger partial charge in [-0.25, -0.2) is 4.98 Å². The number of nitrogens with zero attached hydrogens (tertiary/aromatic N) is 2. The van der Waals surface area contributed by atoms with E-state index in [9.17, 15) is 4.79 Å². The number of amides is 1. The van der Waals surface area contributed by atoms with E-state index in [-0.39, 0.29) is 5.92 Å². The van der Waals surface area contributed by atoms with Crippen LogP contribution in [0.5, 0.6) is 0 Å². The average Bonchev–Trinajstić information content (AvgIpc) is 2.86. The Bertz CT molecular complexity index is 431. The van der Waals surface area contributed by atoms with Crippen LogP contribution in [0.2, 0.25) is 0 Å². The molecular formula is C12H17N3OS. The molecule has 1 aromatic heterocycles. The highest BCUT2D eigenvalue weighted by Crippen LogP contribution is 2.27. The predicted molar refractivity (Wildman–Crippen MR) is 66.8 cm³/mol. The SMILES string of the molecule is Cc1csc(CN2CC3NCCCC3C2=O)n1. The third-order valence-electron chi connectivity index (χ3n) is 3.62. The molecule has 1 aromatic rings. The molecule has 0 radical (unpaired) electrons. The molecule has 92 valence electrons. The molecule has 3 rings (SSSR count). The lowest BCUT2D eigenvalue weighted by molar-refractivity contribution is -0.131. The summed E-state index contributed by atoms with van der Waals surface area (Å²) in [6, 6.07) is 0.373. The van der Waals surface area contributed by atoms with Gasteiger partial charge in [-0.1, -0.05) is 0 Å². The van der Waals surface area contributed by atoms with Gasteiger partial charge in [0.05, 0.1) is 12.5 Å². The third-order valence-corrected chi connectivity index (χ3v) is 4.57. The van der Waals surface area contributed by atoms with E-state index in [1.165, 1.54) is 0 Å². The van der Waals surface area contributed by atoms with Crippen molar-refractivity contribution in [2.24, 2.45) is 5.92 Å². The summed E-state index contributed by atoms with van der Waals surface area (Å²) in [4.78, 5) is 18.6. The van der Waals surface area contributed by atoms with E-state index in [0.29, 0.717) is 18.5 Å². The number of nitrogens with one attached hydrogen (secondary N) is 1. The Hall–Kier alpha value is -0.940. The largest absolute Gasteiger partial charge is 0.334 e. The van der Waals surface area contributed by atoms with Gasteiger partial charge in [0.2, 0.25) is 5.91 Å². The van der Waals surface area contributed by atoms with Gasteiger partial charge in [-0.05, 0) is 26.3 Å². The fourth-order valence-electron chi connectivity index (χ4n) is 2.78. The lowest BCUT2D eigenvalue weighted by atomic mass is 9.94. The van der Waals surface area contributed by atoms with Crippen molar-refractivity contribution in [3.63, 3.8) is 0 Å². The van der Waals surface area contributed by atoms with Crippen LogP contribution >= 0.6 is 11.3 Å². The molecule has 2 aliphatic heterocycles. The van der Waals surface area contributed by atoms with Crippen molar-refractivity contribution < 1.29 is 4.79 Å². The average molecular weight is 251 g/mol. The Balaban J connectivity index is 1.70. The van der Waals surface area contributed by atoms with Crippen LogP contribution in [-0.2, 0) is 11.3 Å². The zero-order valence-electron chi connectivity index (χ0n) is 9.98. The summed E-state index contributed by atoms with van der Waals surface area (Å²) in [5, 5.41) is 6.55. The number of thiazole rings is 1. The third kappa shape index (κ3) is 2.09. The van der Waals surface area contributed by atoms with Crippen LogP contribution in [0.15, 0.2) is 5.38 Å². The second-order valence-corrected chi connectivity index (χ2v) is 5.85. The molecule has 0 saturated carbocycles. The minimum atomic E-state index is 0.213. The number of aryl methyl sites for hydroxylation is 1. The Morgan fingerprint density at radius 3 is 3.24 bits per heavy atom. The standard InChI is InChI=1S/C12H17N3OS/c1-8-7-17-11(14-8)6-15-5-10-9(12(15)16)3-2-4-13-10/h7,9-10,13H,2-6H2,1H3. The number of hydrogen-bond donors (Lipinski definition) is 1. The van der Waals surface area contributed by atoms with Gasteiger partial charge in [0.25, 0.3) is 0 Å². The molecule has 2 unspecified atom stereocenters. The zero-order chi connectivity index (χ0) is 11.8. The quantitative estimate of drug-likeness (QED) is 0.858. The van der Waals surface area contributed by atoms with Gasteiger partial charge in [-0.15, -0.1) is 11.3 Å². The summed E-state index contributed by atoms with van der Waals surface area (Å²) in [7, 11) is 0. The summed E-state index contributed by atoms with van der Waals surface area (Å²) in [6.07, 6.45) is 2.17. The van der Waals surface area contributed by atoms with E-state index in [1.807, 2.05) is 17.2 Å². The van der Waals surface area contributed by atoms with Crippen LogP contribution in [-0.4, -0.2) is 34.9 Å². The molecule has 0 spiro atoms. The highest BCUT2D eigenvalue weighted by Gasteiger charge is 2.41. The number of piperidine rings is 1. The highest BCUT2D eigenvalue weighted by molar-refractivity contribution is 7.09. The van der Waals surface area contributed by atoms with E-state index in [2.05, 4.69) is 10.3 Å². The van der Waals surface area contributed by atoms with E-state index in [4.69, 9.17) is 0 Å². The first-order valence-electron chi connectivity index (χ1n) is 6.17. The zero-order valence-corrected chi connectivity index (χ0v) is 10.8. The fourth-order valence-corrected chi connectivity index (χ4v) is 3.57. The van der Waals surface area contributed by atoms with Crippen molar-refractivity contribution in [1.29, 1.82) is 0 Å². The summed E-state index contributed by atoms with van der Waals surface area (Å²) in [6.45, 7) is 4.58. The van der Waals surface area contributed by atoms with Crippen LogP contribution in [0.1, 0.15) is 23.5 Å². The van der Waals surface area contributed by atoms with E-state index in [1.54, 1.807) is 11.3 Å². The summed E-state index contributed by atoms with van der Waals surface area (Å²) in [5.41, 5.74) is 1.05. The molecule has 0 bridgehead atoms. The van der Waals surface area contributed by atoms with E-state index >= 15 is 0 Å². The van der Waals surface area contributed by atoms with Crippen molar-refractivity contribution in [1.82, 2.24) is 15.2 Å². The molecule has 17 heavy (non-hydrogen) atoms. The topological polar surface area (TPSA) is 45.2 Å². The molecule has 1 N–H and O–H groups in total. The first-order chi connectivity index (χ1) is 8.24. The molecule has 4 nitrogen and oxygen atoms in total. The molecule has 2 aliphatic rings. The van der Waals surface area contributed by atoms with Gasteiger partial charge >= 0.3 is 0 Å². The number of rotatable bonds is 2. The highest BCUT2D eigenvalue weighted by atomic mass is 32.1. The van der Waals surface area contributed by atoms with Gasteiger partial charge in [0, 0.05) is 23.7 Å². The molecule has 2 fully saturated rings. The number of likely N-dealkylation sites (tertiary alicyclic amines) is 1. The lowest BCUT2D eigenvalue weighted by Gasteiger charge is -2.23. The predicted octanol–water partition coefficient (Wildman–Crippen LogP) is 1.16. The van der Waals surface area contributed by atoms with Gasteiger partial charge in [0.1, 0.15) is 5.01 Å². The lowest BCUT2D eigenvalue weighted by Crippen LogP contribution is -2.41. The molecule has 0 aliphatic carbocycles. The first kappa shape index (κ1) is 11.2. The van der Waals surface area contributed by atoms with Gasteiger partial charge in [0.15, 0.2) is 0 Å². The van der Waals surface area contributed by atoms with Gasteiger partial charge < -0.3 is 10.2 Å². The van der Waals surface area contributed by atoms with Crippen molar-refractivity contribution >= 4 is 17.2 Å². The van der Waals surface area contributed by atoms with Crippen LogP contribution in [0.3, 0.4) is 0 Å². The Kier molecular flexibility index (Phi) is 2.88. The van der Waals surface area contributed by atoms with E-state index in [0.717, 1.165) is 36.6 Å². The maximum Gasteiger partial charge on any atom is 0.227 e. The van der Waals surface area contributed by atoms with Crippen LogP contribution in [0.4, 0.5) is 0 Å². The first-order valence-corrected chi connectivity index (χ1v) is 7.05. The van der Waals surface area contributed by atoms with Crippen LogP contribution in [0, 0.1) is 12.8 Å². The van der Waals surface area contributed by atoms with Crippen LogP contribution in [0.25, 0.3) is 0 Å². The second kappa shape index (κ2) is 4.38. The monoisotopic (exact) mass is 251 g/mol. The maximum atomic E-state index is 12.2. The second-order valence-electron chi connectivity index (χ2n) is 4.91. The van der Waals surface area contributed by atoms with E-state index < -0.39 is 0 Å². The number of fused-ring (bicyclic) bond motifs is 1. The van der Waals surface area contributed by atoms with Gasteiger partial charge in [-0.2, -0.15) is 0 Å². The number of hydrogen-bond acceptors (Lipinski definition) is 4. The molecular weight excluding hydrogens is 234 g/mol. The number of carbonyl (C=O) groups excluding carboxylic acids is 1. The Morgan fingerprint density at radius 2 is 2.53 bits per heavy atom. The summed E-state index contributed by atoms with van der Waals surface area (Å²) in [5.74, 6) is 0.528. The van der Waals surface area contributed by atoms with Crippen molar-refractivity contribution in [3.8, 4) is 0 Å². The molecule has 2 saturated heterocycles.